The van der Waals surface area contributed by atoms with Crippen LogP contribution in [0.15, 0.2) is 0 Å². The summed E-state index contributed by atoms with van der Waals surface area (Å²) in [5.74, 6) is 0.665. The third kappa shape index (κ3) is 4.71. The van der Waals surface area contributed by atoms with Crippen molar-refractivity contribution in [2.45, 2.75) is 90.1 Å². The lowest BCUT2D eigenvalue weighted by molar-refractivity contribution is -0.173. The second-order valence-electron chi connectivity index (χ2n) is 7.21. The molecule has 0 saturated heterocycles. The van der Waals surface area contributed by atoms with Crippen LogP contribution in [0.5, 0.6) is 0 Å². The van der Waals surface area contributed by atoms with Crippen LogP contribution in [0.1, 0.15) is 84.5 Å². The number of nitrogens with zero attached hydrogens (tertiary/aromatic N) is 1. The molecule has 0 N–H and O–H groups in total. The van der Waals surface area contributed by atoms with Crippen LogP contribution in [-0.2, 0) is 9.53 Å². The van der Waals surface area contributed by atoms with Gasteiger partial charge in [-0.05, 0) is 57.5 Å². The van der Waals surface area contributed by atoms with Gasteiger partial charge in [-0.15, -0.1) is 0 Å². The Morgan fingerprint density at radius 3 is 2.18 bits per heavy atom. The van der Waals surface area contributed by atoms with Gasteiger partial charge in [0.05, 0.1) is 6.42 Å². The first kappa shape index (κ1) is 17.8. The van der Waals surface area contributed by atoms with Gasteiger partial charge in [0.25, 0.3) is 0 Å². The van der Waals surface area contributed by atoms with E-state index in [1.54, 1.807) is 0 Å². The van der Waals surface area contributed by atoms with Crippen molar-refractivity contribution in [1.82, 2.24) is 4.90 Å². The zero-order chi connectivity index (χ0) is 15.8. The third-order valence-corrected chi connectivity index (χ3v) is 5.89. The lowest BCUT2D eigenvalue weighted by Crippen LogP contribution is -2.45. The maximum absolute atomic E-state index is 12.4. The van der Waals surface area contributed by atoms with E-state index in [4.69, 9.17) is 4.74 Å². The summed E-state index contributed by atoms with van der Waals surface area (Å²) >= 11 is 0. The molecule has 2 saturated carbocycles. The third-order valence-electron chi connectivity index (χ3n) is 5.89. The van der Waals surface area contributed by atoms with Gasteiger partial charge in [0.15, 0.2) is 0 Å². The minimum absolute atomic E-state index is 0.0411. The van der Waals surface area contributed by atoms with Crippen LogP contribution in [-0.4, -0.2) is 36.1 Å². The van der Waals surface area contributed by atoms with Gasteiger partial charge in [0.2, 0.25) is 0 Å². The molecule has 0 aromatic carbocycles. The van der Waals surface area contributed by atoms with Crippen molar-refractivity contribution in [1.29, 1.82) is 0 Å². The van der Waals surface area contributed by atoms with Gasteiger partial charge in [-0.1, -0.05) is 39.5 Å². The molecule has 2 rings (SSSR count). The molecule has 2 aliphatic carbocycles. The van der Waals surface area contributed by atoms with E-state index in [-0.39, 0.29) is 11.6 Å². The summed E-state index contributed by atoms with van der Waals surface area (Å²) in [4.78, 5) is 14.7. The zero-order valence-electron chi connectivity index (χ0n) is 14.7. The van der Waals surface area contributed by atoms with E-state index >= 15 is 0 Å². The fourth-order valence-electron chi connectivity index (χ4n) is 4.44. The predicted octanol–water partition coefficient (Wildman–Crippen LogP) is 4.54. The Labute approximate surface area is 136 Å². The van der Waals surface area contributed by atoms with E-state index < -0.39 is 0 Å². The Balaban J connectivity index is 1.92. The summed E-state index contributed by atoms with van der Waals surface area (Å²) in [6.07, 6.45) is 13.1. The lowest BCUT2D eigenvalue weighted by atomic mass is 9.69. The molecule has 0 radical (unpaired) electrons. The fraction of sp³-hybridized carbons (Fsp3) is 0.947. The van der Waals surface area contributed by atoms with Crippen LogP contribution < -0.4 is 0 Å². The lowest BCUT2D eigenvalue weighted by Gasteiger charge is -2.44. The van der Waals surface area contributed by atoms with Crippen molar-refractivity contribution < 1.29 is 9.53 Å². The molecule has 0 spiro atoms. The highest BCUT2D eigenvalue weighted by molar-refractivity contribution is 5.70. The fourth-order valence-corrected chi connectivity index (χ4v) is 4.44. The van der Waals surface area contributed by atoms with Crippen LogP contribution in [0.4, 0.5) is 0 Å². The topological polar surface area (TPSA) is 29.5 Å². The molecule has 3 nitrogen and oxygen atoms in total. The maximum atomic E-state index is 12.4. The summed E-state index contributed by atoms with van der Waals surface area (Å²) in [6, 6.07) is 0. The Morgan fingerprint density at radius 1 is 1.00 bits per heavy atom. The van der Waals surface area contributed by atoms with Gasteiger partial charge in [0.1, 0.15) is 5.60 Å². The number of ether oxygens (including phenoxy) is 1. The highest BCUT2D eigenvalue weighted by Gasteiger charge is 2.43. The molecule has 0 aromatic heterocycles. The maximum Gasteiger partial charge on any atom is 0.307 e. The van der Waals surface area contributed by atoms with Gasteiger partial charge in [-0.3, -0.25) is 4.79 Å². The molecule has 0 bridgehead atoms. The SMILES string of the molecule is CCN(CC)CCC(=O)OC1(C2CCCCC2)CCCCC1. The van der Waals surface area contributed by atoms with Gasteiger partial charge < -0.3 is 9.64 Å². The van der Waals surface area contributed by atoms with Crippen molar-refractivity contribution in [2.75, 3.05) is 19.6 Å². The minimum atomic E-state index is -0.112. The molecule has 0 unspecified atom stereocenters. The quantitative estimate of drug-likeness (QED) is 0.646. The standard InChI is InChI=1S/C19H35NO2/c1-3-20(4-2)16-13-18(21)22-19(14-9-6-10-15-19)17-11-7-5-8-12-17/h17H,3-16H2,1-2H3. The highest BCUT2D eigenvalue weighted by Crippen LogP contribution is 2.44. The zero-order valence-corrected chi connectivity index (χ0v) is 14.7. The second-order valence-corrected chi connectivity index (χ2v) is 7.21. The van der Waals surface area contributed by atoms with Gasteiger partial charge in [-0.25, -0.2) is 0 Å². The first-order chi connectivity index (χ1) is 10.7. The summed E-state index contributed by atoms with van der Waals surface area (Å²) in [7, 11) is 0. The molecule has 0 heterocycles. The first-order valence-corrected chi connectivity index (χ1v) is 9.64. The van der Waals surface area contributed by atoms with Crippen LogP contribution >= 0.6 is 0 Å². The number of hydrogen-bond acceptors (Lipinski definition) is 3. The Bertz CT molecular complexity index is 326. The average Bonchev–Trinajstić information content (AvgIpc) is 2.57. The van der Waals surface area contributed by atoms with Crippen molar-refractivity contribution in [3.63, 3.8) is 0 Å². The molecule has 128 valence electrons. The molecular formula is C19H35NO2. The first-order valence-electron chi connectivity index (χ1n) is 9.64. The largest absolute Gasteiger partial charge is 0.459 e. The number of esters is 1. The minimum Gasteiger partial charge on any atom is -0.459 e. The molecular weight excluding hydrogens is 274 g/mol. The molecule has 3 heteroatoms. The van der Waals surface area contributed by atoms with E-state index in [2.05, 4.69) is 18.7 Å². The van der Waals surface area contributed by atoms with Crippen LogP contribution in [0.2, 0.25) is 0 Å². The highest BCUT2D eigenvalue weighted by atomic mass is 16.6. The molecule has 0 amide bonds. The Morgan fingerprint density at radius 2 is 1.59 bits per heavy atom. The Kier molecular flexibility index (Phi) is 7.20. The average molecular weight is 309 g/mol. The van der Waals surface area contributed by atoms with Crippen molar-refractivity contribution in [3.8, 4) is 0 Å². The second kappa shape index (κ2) is 8.90. The smallest absolute Gasteiger partial charge is 0.307 e. The number of carbonyl (C=O) groups excluding carboxylic acids is 1. The van der Waals surface area contributed by atoms with Crippen molar-refractivity contribution in [3.05, 3.63) is 0 Å². The molecule has 2 aliphatic rings. The van der Waals surface area contributed by atoms with Gasteiger partial charge in [0, 0.05) is 6.54 Å². The van der Waals surface area contributed by atoms with E-state index in [0.717, 1.165) is 32.5 Å². The number of carbonyl (C=O) groups is 1. The van der Waals surface area contributed by atoms with Gasteiger partial charge in [-0.2, -0.15) is 0 Å². The van der Waals surface area contributed by atoms with E-state index in [1.165, 1.54) is 51.4 Å². The van der Waals surface area contributed by atoms with Gasteiger partial charge >= 0.3 is 5.97 Å². The van der Waals surface area contributed by atoms with Crippen LogP contribution in [0.25, 0.3) is 0 Å². The predicted molar refractivity (Wildman–Crippen MR) is 90.9 cm³/mol. The van der Waals surface area contributed by atoms with E-state index in [9.17, 15) is 4.79 Å². The van der Waals surface area contributed by atoms with Crippen LogP contribution in [0, 0.1) is 5.92 Å². The molecule has 22 heavy (non-hydrogen) atoms. The monoisotopic (exact) mass is 309 g/mol. The summed E-state index contributed by atoms with van der Waals surface area (Å²) in [5, 5.41) is 0. The van der Waals surface area contributed by atoms with Crippen molar-refractivity contribution >= 4 is 5.97 Å². The Hall–Kier alpha value is -0.570. The molecule has 0 atom stereocenters. The van der Waals surface area contributed by atoms with E-state index in [0.29, 0.717) is 12.3 Å². The molecule has 2 fully saturated rings. The normalized spacial score (nSPS) is 22.7. The van der Waals surface area contributed by atoms with Crippen molar-refractivity contribution in [2.24, 2.45) is 5.92 Å². The summed E-state index contributed by atoms with van der Waals surface area (Å²) < 4.78 is 6.19. The number of rotatable bonds is 7. The molecule has 0 aliphatic heterocycles. The summed E-state index contributed by atoms with van der Waals surface area (Å²) in [6.45, 7) is 7.17. The van der Waals surface area contributed by atoms with Crippen LogP contribution in [0.3, 0.4) is 0 Å². The van der Waals surface area contributed by atoms with E-state index in [1.807, 2.05) is 0 Å². The summed E-state index contributed by atoms with van der Waals surface area (Å²) in [5.41, 5.74) is -0.112. The molecule has 0 aromatic rings. The number of hydrogen-bond donors (Lipinski definition) is 0.